The molecule has 0 saturated carbocycles. The minimum absolute atomic E-state index is 0.211. The summed E-state index contributed by atoms with van der Waals surface area (Å²) in [5.41, 5.74) is 0. The van der Waals surface area contributed by atoms with Crippen LogP contribution in [-0.4, -0.2) is 56.2 Å². The summed E-state index contributed by atoms with van der Waals surface area (Å²) < 4.78 is 4.84. The van der Waals surface area contributed by atoms with Crippen LogP contribution in [0.25, 0.3) is 0 Å². The topological polar surface area (TPSA) is 32.8 Å². The van der Waals surface area contributed by atoms with Gasteiger partial charge in [-0.2, -0.15) is 0 Å². The molecule has 64 valence electrons. The SMILES string of the molecule is CN(C)C[C@H]1COC(=O)N1C. The summed E-state index contributed by atoms with van der Waals surface area (Å²) in [6.45, 7) is 1.38. The molecule has 1 rings (SSSR count). The van der Waals surface area contributed by atoms with E-state index in [0.717, 1.165) is 6.54 Å². The first kappa shape index (κ1) is 8.33. The predicted octanol–water partition coefficient (Wildman–Crippen LogP) is -0.00140. The summed E-state index contributed by atoms with van der Waals surface area (Å²) in [5, 5.41) is 0. The lowest BCUT2D eigenvalue weighted by Gasteiger charge is -2.19. The lowest BCUT2D eigenvalue weighted by Crippen LogP contribution is -2.37. The molecule has 0 aromatic rings. The summed E-state index contributed by atoms with van der Waals surface area (Å²) >= 11 is 0. The molecule has 1 aliphatic heterocycles. The maximum absolute atomic E-state index is 10.9. The van der Waals surface area contributed by atoms with Crippen LogP contribution in [0.4, 0.5) is 4.79 Å². The third kappa shape index (κ3) is 1.83. The smallest absolute Gasteiger partial charge is 0.409 e. The van der Waals surface area contributed by atoms with Gasteiger partial charge >= 0.3 is 6.09 Å². The number of likely N-dealkylation sites (N-methyl/N-ethyl adjacent to an activating group) is 2. The zero-order valence-corrected chi connectivity index (χ0v) is 7.20. The molecule has 0 aromatic heterocycles. The highest BCUT2D eigenvalue weighted by Gasteiger charge is 2.29. The van der Waals surface area contributed by atoms with Crippen molar-refractivity contribution in [1.29, 1.82) is 0 Å². The third-order valence-corrected chi connectivity index (χ3v) is 1.81. The number of ether oxygens (including phenoxy) is 1. The number of hydrogen-bond donors (Lipinski definition) is 0. The Morgan fingerprint density at radius 1 is 1.73 bits per heavy atom. The lowest BCUT2D eigenvalue weighted by atomic mass is 10.3. The van der Waals surface area contributed by atoms with Crippen molar-refractivity contribution in [2.24, 2.45) is 0 Å². The van der Waals surface area contributed by atoms with Crippen molar-refractivity contribution in [2.75, 3.05) is 34.3 Å². The van der Waals surface area contributed by atoms with Gasteiger partial charge in [-0.05, 0) is 14.1 Å². The van der Waals surface area contributed by atoms with Gasteiger partial charge in [0.1, 0.15) is 6.61 Å². The molecule has 1 aliphatic rings. The van der Waals surface area contributed by atoms with Crippen molar-refractivity contribution in [3.63, 3.8) is 0 Å². The van der Waals surface area contributed by atoms with E-state index < -0.39 is 0 Å². The minimum Gasteiger partial charge on any atom is -0.447 e. The number of cyclic esters (lactones) is 1. The number of rotatable bonds is 2. The van der Waals surface area contributed by atoms with Crippen molar-refractivity contribution in [2.45, 2.75) is 6.04 Å². The molecule has 1 saturated heterocycles. The monoisotopic (exact) mass is 158 g/mol. The van der Waals surface area contributed by atoms with E-state index in [2.05, 4.69) is 0 Å². The van der Waals surface area contributed by atoms with Gasteiger partial charge in [0.25, 0.3) is 0 Å². The van der Waals surface area contributed by atoms with Gasteiger partial charge in [-0.1, -0.05) is 0 Å². The Hall–Kier alpha value is -0.770. The Kier molecular flexibility index (Phi) is 2.34. The van der Waals surface area contributed by atoms with Crippen LogP contribution < -0.4 is 0 Å². The van der Waals surface area contributed by atoms with Crippen LogP contribution in [0.5, 0.6) is 0 Å². The second-order valence-corrected chi connectivity index (χ2v) is 3.10. The van der Waals surface area contributed by atoms with Gasteiger partial charge in [0.15, 0.2) is 0 Å². The summed E-state index contributed by atoms with van der Waals surface area (Å²) in [4.78, 5) is 14.5. The Morgan fingerprint density at radius 2 is 2.36 bits per heavy atom. The second kappa shape index (κ2) is 3.09. The number of hydrogen-bond acceptors (Lipinski definition) is 3. The van der Waals surface area contributed by atoms with Gasteiger partial charge < -0.3 is 14.5 Å². The summed E-state index contributed by atoms with van der Waals surface area (Å²) in [6, 6.07) is 0.220. The largest absolute Gasteiger partial charge is 0.447 e. The van der Waals surface area contributed by atoms with E-state index in [-0.39, 0.29) is 12.1 Å². The molecule has 1 fully saturated rings. The summed E-state index contributed by atoms with van der Waals surface area (Å²) in [6.07, 6.45) is -0.211. The number of carbonyl (C=O) groups excluding carboxylic acids is 1. The fraction of sp³-hybridized carbons (Fsp3) is 0.857. The summed E-state index contributed by atoms with van der Waals surface area (Å²) in [5.74, 6) is 0. The van der Waals surface area contributed by atoms with Crippen molar-refractivity contribution >= 4 is 6.09 Å². The Labute approximate surface area is 66.7 Å². The quantitative estimate of drug-likeness (QED) is 0.567. The molecule has 4 nitrogen and oxygen atoms in total. The van der Waals surface area contributed by atoms with Crippen LogP contribution in [0.2, 0.25) is 0 Å². The maximum atomic E-state index is 10.9. The zero-order chi connectivity index (χ0) is 8.43. The van der Waals surface area contributed by atoms with Crippen molar-refractivity contribution in [3.8, 4) is 0 Å². The molecule has 1 amide bonds. The third-order valence-electron chi connectivity index (χ3n) is 1.81. The molecule has 0 bridgehead atoms. The van der Waals surface area contributed by atoms with Crippen LogP contribution in [-0.2, 0) is 4.74 Å². The van der Waals surface area contributed by atoms with Gasteiger partial charge in [-0.3, -0.25) is 0 Å². The average Bonchev–Trinajstić information content (AvgIpc) is 2.18. The Bertz CT molecular complexity index is 159. The first-order valence-corrected chi connectivity index (χ1v) is 3.65. The van der Waals surface area contributed by atoms with Crippen molar-refractivity contribution < 1.29 is 9.53 Å². The molecule has 0 radical (unpaired) electrons. The van der Waals surface area contributed by atoms with Gasteiger partial charge in [0.05, 0.1) is 6.04 Å². The molecule has 0 aromatic carbocycles. The second-order valence-electron chi connectivity index (χ2n) is 3.10. The van der Waals surface area contributed by atoms with E-state index in [1.807, 2.05) is 19.0 Å². The molecule has 0 spiro atoms. The maximum Gasteiger partial charge on any atom is 0.409 e. The van der Waals surface area contributed by atoms with Gasteiger partial charge in [0, 0.05) is 13.6 Å². The van der Waals surface area contributed by atoms with Gasteiger partial charge in [0.2, 0.25) is 0 Å². The molecule has 0 unspecified atom stereocenters. The van der Waals surface area contributed by atoms with E-state index in [1.165, 1.54) is 0 Å². The first-order valence-electron chi connectivity index (χ1n) is 3.65. The van der Waals surface area contributed by atoms with Crippen LogP contribution in [0.3, 0.4) is 0 Å². The molecule has 0 aliphatic carbocycles. The molecule has 11 heavy (non-hydrogen) atoms. The predicted molar refractivity (Wildman–Crippen MR) is 41.5 cm³/mol. The number of amides is 1. The normalized spacial score (nSPS) is 24.5. The van der Waals surface area contributed by atoms with E-state index >= 15 is 0 Å². The minimum atomic E-state index is -0.211. The highest BCUT2D eigenvalue weighted by molar-refractivity contribution is 5.69. The highest BCUT2D eigenvalue weighted by Crippen LogP contribution is 2.09. The molecular formula is C7H14N2O2. The van der Waals surface area contributed by atoms with Crippen LogP contribution in [0, 0.1) is 0 Å². The molecule has 1 atom stereocenters. The molecular weight excluding hydrogens is 144 g/mol. The number of carbonyl (C=O) groups is 1. The van der Waals surface area contributed by atoms with E-state index in [4.69, 9.17) is 4.74 Å². The van der Waals surface area contributed by atoms with Gasteiger partial charge in [-0.25, -0.2) is 4.79 Å². The van der Waals surface area contributed by atoms with E-state index in [0.29, 0.717) is 6.61 Å². The van der Waals surface area contributed by atoms with E-state index in [1.54, 1.807) is 11.9 Å². The standard InChI is InChI=1S/C7H14N2O2/c1-8(2)4-6-5-11-7(10)9(6)3/h6H,4-5H2,1-3H3/t6-/m0/s1. The van der Waals surface area contributed by atoms with E-state index in [9.17, 15) is 4.79 Å². The highest BCUT2D eigenvalue weighted by atomic mass is 16.6. The first-order chi connectivity index (χ1) is 5.11. The lowest BCUT2D eigenvalue weighted by molar-refractivity contribution is 0.163. The van der Waals surface area contributed by atoms with Crippen molar-refractivity contribution in [1.82, 2.24) is 9.80 Å². The van der Waals surface area contributed by atoms with Crippen LogP contribution >= 0.6 is 0 Å². The Balaban J connectivity index is 2.42. The summed E-state index contributed by atoms with van der Waals surface area (Å²) in [7, 11) is 5.73. The molecule has 4 heteroatoms. The van der Waals surface area contributed by atoms with Crippen molar-refractivity contribution in [3.05, 3.63) is 0 Å². The zero-order valence-electron chi connectivity index (χ0n) is 7.20. The molecule has 0 N–H and O–H groups in total. The van der Waals surface area contributed by atoms with Crippen LogP contribution in [0.15, 0.2) is 0 Å². The fourth-order valence-corrected chi connectivity index (χ4v) is 1.13. The fourth-order valence-electron chi connectivity index (χ4n) is 1.13. The number of nitrogens with zero attached hydrogens (tertiary/aromatic N) is 2. The average molecular weight is 158 g/mol. The Morgan fingerprint density at radius 3 is 2.73 bits per heavy atom. The van der Waals surface area contributed by atoms with Gasteiger partial charge in [-0.15, -0.1) is 0 Å². The van der Waals surface area contributed by atoms with Crippen LogP contribution in [0.1, 0.15) is 0 Å². The molecule has 1 heterocycles.